The molecule has 3 aliphatic heterocycles. The molecule has 2 amide bonds. The predicted molar refractivity (Wildman–Crippen MR) is 129 cm³/mol. The van der Waals surface area contributed by atoms with Crippen molar-refractivity contribution in [2.24, 2.45) is 0 Å². The summed E-state index contributed by atoms with van der Waals surface area (Å²) in [4.78, 5) is 45.7. The van der Waals surface area contributed by atoms with Crippen LogP contribution < -0.4 is 10.2 Å². The van der Waals surface area contributed by atoms with Crippen LogP contribution in [0.4, 0.5) is 11.5 Å². The number of nitrogens with zero attached hydrogens (tertiary/aromatic N) is 6. The van der Waals surface area contributed by atoms with Crippen molar-refractivity contribution in [3.05, 3.63) is 53.2 Å². The first-order valence-corrected chi connectivity index (χ1v) is 11.8. The molecule has 10 heteroatoms. The number of carbonyl (C=O) groups is 2. The van der Waals surface area contributed by atoms with Crippen molar-refractivity contribution in [1.82, 2.24) is 29.7 Å². The van der Waals surface area contributed by atoms with Gasteiger partial charge in [-0.2, -0.15) is 9.78 Å². The molecule has 3 aromatic heterocycles. The Bertz CT molecular complexity index is 1600. The maximum Gasteiger partial charge on any atom is 0.243 e. The molecule has 7 rings (SSSR count). The number of H-pyrrole nitrogens is 1. The number of aromatic amines is 1. The van der Waals surface area contributed by atoms with Crippen LogP contribution >= 0.6 is 0 Å². The Morgan fingerprint density at radius 2 is 1.97 bits per heavy atom. The minimum Gasteiger partial charge on any atom is -0.340 e. The molecule has 0 saturated heterocycles. The quantitative estimate of drug-likeness (QED) is 0.443. The van der Waals surface area contributed by atoms with Crippen LogP contribution in [0.15, 0.2) is 30.9 Å². The van der Waals surface area contributed by atoms with Crippen LogP contribution in [0.3, 0.4) is 0 Å². The fourth-order valence-electron chi connectivity index (χ4n) is 6.63. The molecule has 3 aliphatic rings. The summed E-state index contributed by atoms with van der Waals surface area (Å²) in [5.74, 6) is 0.929. The van der Waals surface area contributed by atoms with E-state index in [9.17, 15) is 9.59 Å². The van der Waals surface area contributed by atoms with Gasteiger partial charge in [0.1, 0.15) is 23.1 Å². The van der Waals surface area contributed by atoms with Crippen molar-refractivity contribution < 1.29 is 9.59 Å². The summed E-state index contributed by atoms with van der Waals surface area (Å²) >= 11 is 0. The monoisotopic (exact) mass is 468 g/mol. The van der Waals surface area contributed by atoms with E-state index in [1.165, 1.54) is 6.33 Å². The molecule has 4 aromatic rings. The second-order valence-corrected chi connectivity index (χ2v) is 10.5. The number of aromatic nitrogens is 6. The number of carbonyl (C=O) groups excluding carboxylic acids is 2. The summed E-state index contributed by atoms with van der Waals surface area (Å²) in [6.45, 7) is 8.30. The van der Waals surface area contributed by atoms with Crippen LogP contribution in [0.25, 0.3) is 17.0 Å². The van der Waals surface area contributed by atoms with Crippen molar-refractivity contribution >= 4 is 34.5 Å². The van der Waals surface area contributed by atoms with Gasteiger partial charge in [-0.05, 0) is 44.2 Å². The normalized spacial score (nSPS) is 24.1. The number of imidazole rings is 1. The number of amides is 2. The largest absolute Gasteiger partial charge is 0.340 e. The molecule has 0 aliphatic carbocycles. The highest BCUT2D eigenvalue weighted by atomic mass is 16.2. The second kappa shape index (κ2) is 6.32. The molecule has 6 heterocycles. The van der Waals surface area contributed by atoms with Crippen molar-refractivity contribution in [2.45, 2.75) is 57.4 Å². The van der Waals surface area contributed by atoms with Gasteiger partial charge in [0.2, 0.25) is 11.8 Å². The van der Waals surface area contributed by atoms with Gasteiger partial charge in [0.05, 0.1) is 17.7 Å². The Hall–Kier alpha value is -4.08. The number of nitrogens with one attached hydrogen (secondary N) is 2. The number of hydrogen-bond acceptors (Lipinski definition) is 6. The summed E-state index contributed by atoms with van der Waals surface area (Å²) in [5.41, 5.74) is 3.94. The molecule has 2 atom stereocenters. The molecule has 35 heavy (non-hydrogen) atoms. The third-order valence-corrected chi connectivity index (χ3v) is 7.84. The summed E-state index contributed by atoms with van der Waals surface area (Å²) < 4.78 is 1.60. The summed E-state index contributed by atoms with van der Waals surface area (Å²) in [7, 11) is 0. The smallest absolute Gasteiger partial charge is 0.243 e. The number of fused-ring (bicyclic) bond motifs is 4. The van der Waals surface area contributed by atoms with E-state index >= 15 is 0 Å². The predicted octanol–water partition coefficient (Wildman–Crippen LogP) is 3.11. The molecule has 0 unspecified atom stereocenters. The molecular weight excluding hydrogens is 444 g/mol. The van der Waals surface area contributed by atoms with Crippen LogP contribution in [-0.2, 0) is 15.0 Å². The minimum atomic E-state index is -1.15. The van der Waals surface area contributed by atoms with Gasteiger partial charge < -0.3 is 15.2 Å². The molecule has 0 saturated carbocycles. The zero-order valence-corrected chi connectivity index (χ0v) is 19.9. The van der Waals surface area contributed by atoms with E-state index in [0.717, 1.165) is 28.8 Å². The molecule has 0 radical (unpaired) electrons. The van der Waals surface area contributed by atoms with Gasteiger partial charge in [0.15, 0.2) is 11.5 Å². The highest BCUT2D eigenvalue weighted by molar-refractivity contribution is 6.17. The van der Waals surface area contributed by atoms with E-state index in [0.29, 0.717) is 34.4 Å². The Morgan fingerprint density at radius 1 is 1.14 bits per heavy atom. The van der Waals surface area contributed by atoms with E-state index in [2.05, 4.69) is 52.1 Å². The lowest BCUT2D eigenvalue weighted by Gasteiger charge is -2.44. The molecule has 1 aromatic carbocycles. The molecule has 0 fully saturated rings. The van der Waals surface area contributed by atoms with Crippen LogP contribution in [-0.4, -0.2) is 47.1 Å². The van der Waals surface area contributed by atoms with E-state index < -0.39 is 5.41 Å². The lowest BCUT2D eigenvalue weighted by molar-refractivity contribution is -0.127. The topological polar surface area (TPSA) is 122 Å². The first-order valence-electron chi connectivity index (χ1n) is 11.8. The van der Waals surface area contributed by atoms with Gasteiger partial charge in [0.25, 0.3) is 0 Å². The van der Waals surface area contributed by atoms with E-state index in [1.807, 2.05) is 24.0 Å². The van der Waals surface area contributed by atoms with Gasteiger partial charge in [-0.25, -0.2) is 15.0 Å². The fourth-order valence-corrected chi connectivity index (χ4v) is 6.63. The first kappa shape index (κ1) is 20.3. The standard InChI is InChI=1S/C25H24N8O2/c1-12-8-24(3,4)32-19-14(12)6-5-7-15(19)25(23(32)35)9-16(34)30-21-17(25)13(2)31-33(21)22-18-20(27-10-26-18)28-11-29-22/h5-7,10-12H,8-9H2,1-4H3,(H,30,34)(H,26,27,28,29)/t12-,25+/m0/s1. The minimum absolute atomic E-state index is 0.0338. The van der Waals surface area contributed by atoms with Crippen LogP contribution in [0, 0.1) is 6.92 Å². The maximum atomic E-state index is 14.5. The van der Waals surface area contributed by atoms with Gasteiger partial charge in [-0.1, -0.05) is 25.1 Å². The lowest BCUT2D eigenvalue weighted by atomic mass is 9.70. The summed E-state index contributed by atoms with van der Waals surface area (Å²) in [6.07, 6.45) is 3.84. The number of benzene rings is 1. The van der Waals surface area contributed by atoms with Crippen LogP contribution in [0.5, 0.6) is 0 Å². The Balaban J connectivity index is 1.55. The van der Waals surface area contributed by atoms with Crippen LogP contribution in [0.1, 0.15) is 61.9 Å². The van der Waals surface area contributed by atoms with Crippen molar-refractivity contribution in [2.75, 3.05) is 10.2 Å². The maximum absolute atomic E-state index is 14.5. The molecule has 1 spiro atoms. The highest BCUT2D eigenvalue weighted by Crippen LogP contribution is 2.59. The fraction of sp³-hybridized carbons (Fsp3) is 0.360. The number of anilines is 2. The average Bonchev–Trinajstić information content (AvgIpc) is 3.47. The number of hydrogen-bond donors (Lipinski definition) is 2. The Kier molecular flexibility index (Phi) is 3.67. The van der Waals surface area contributed by atoms with Crippen molar-refractivity contribution in [3.63, 3.8) is 0 Å². The molecule has 176 valence electrons. The third kappa shape index (κ3) is 2.34. The number of rotatable bonds is 1. The lowest BCUT2D eigenvalue weighted by Crippen LogP contribution is -2.54. The number of para-hydroxylation sites is 1. The zero-order valence-electron chi connectivity index (χ0n) is 19.9. The summed E-state index contributed by atoms with van der Waals surface area (Å²) in [5, 5.41) is 7.78. The SMILES string of the molecule is Cc1nn(-c2ncnc3nc[nH]c23)c2c1[C@]1(CC(=O)N2)C(=O)N2c3c(cccc31)[C@@H](C)CC2(C)C. The van der Waals surface area contributed by atoms with E-state index in [4.69, 9.17) is 5.10 Å². The van der Waals surface area contributed by atoms with Crippen molar-refractivity contribution in [3.8, 4) is 5.82 Å². The van der Waals surface area contributed by atoms with Crippen molar-refractivity contribution in [1.29, 1.82) is 0 Å². The summed E-state index contributed by atoms with van der Waals surface area (Å²) in [6, 6.07) is 6.11. The zero-order chi connectivity index (χ0) is 24.3. The van der Waals surface area contributed by atoms with Gasteiger partial charge in [-0.15, -0.1) is 0 Å². The number of aryl methyl sites for hydroxylation is 1. The second-order valence-electron chi connectivity index (χ2n) is 10.5. The Morgan fingerprint density at radius 3 is 2.80 bits per heavy atom. The van der Waals surface area contributed by atoms with Gasteiger partial charge >= 0.3 is 0 Å². The molecular formula is C25H24N8O2. The van der Waals surface area contributed by atoms with E-state index in [1.54, 1.807) is 11.0 Å². The Labute approximate surface area is 200 Å². The first-order chi connectivity index (χ1) is 16.7. The molecule has 2 N–H and O–H groups in total. The molecule has 0 bridgehead atoms. The third-order valence-electron chi connectivity index (χ3n) is 7.84. The highest BCUT2D eigenvalue weighted by Gasteiger charge is 2.62. The average molecular weight is 469 g/mol. The van der Waals surface area contributed by atoms with Crippen LogP contribution in [0.2, 0.25) is 0 Å². The van der Waals surface area contributed by atoms with E-state index in [-0.39, 0.29) is 23.8 Å². The van der Waals surface area contributed by atoms with Gasteiger partial charge in [-0.3, -0.25) is 9.59 Å². The molecule has 10 nitrogen and oxygen atoms in total. The van der Waals surface area contributed by atoms with Gasteiger partial charge in [0, 0.05) is 17.5 Å².